The van der Waals surface area contributed by atoms with Gasteiger partial charge in [0.25, 0.3) is 5.92 Å². The molecule has 0 heterocycles. The zero-order valence-electron chi connectivity index (χ0n) is 10.9. The molecule has 0 N–H and O–H groups in total. The van der Waals surface area contributed by atoms with Crippen molar-refractivity contribution >= 4 is 6.08 Å². The van der Waals surface area contributed by atoms with Gasteiger partial charge in [-0.05, 0) is 25.3 Å². The summed E-state index contributed by atoms with van der Waals surface area (Å²) in [5.74, 6) is -2.66. The standard InChI is InChI=1S/C14H15F2NO2/c1-13(15,16)10-5-3-6-11(19-2)12(10)14(17-9-18)7-4-8-14/h3,5-6H,4,7-8H2,1-2H3. The van der Waals surface area contributed by atoms with Crippen LogP contribution in [-0.4, -0.2) is 13.2 Å². The molecule has 1 fully saturated rings. The van der Waals surface area contributed by atoms with Crippen molar-refractivity contribution in [3.05, 3.63) is 29.3 Å². The molecule has 0 bridgehead atoms. The van der Waals surface area contributed by atoms with Gasteiger partial charge in [-0.2, -0.15) is 4.99 Å². The van der Waals surface area contributed by atoms with Crippen LogP contribution in [0.25, 0.3) is 0 Å². The number of isocyanates is 1. The summed E-state index contributed by atoms with van der Waals surface area (Å²) in [5, 5.41) is 0. The smallest absolute Gasteiger partial charge is 0.271 e. The second-order valence-electron chi connectivity index (χ2n) is 4.86. The van der Waals surface area contributed by atoms with E-state index < -0.39 is 11.5 Å². The summed E-state index contributed by atoms with van der Waals surface area (Å²) in [6, 6.07) is 4.50. The van der Waals surface area contributed by atoms with Gasteiger partial charge in [-0.15, -0.1) is 0 Å². The number of benzene rings is 1. The molecule has 1 aromatic carbocycles. The number of methoxy groups -OCH3 is 1. The van der Waals surface area contributed by atoms with Crippen molar-refractivity contribution < 1.29 is 18.3 Å². The highest BCUT2D eigenvalue weighted by Gasteiger charge is 2.45. The molecule has 1 aliphatic rings. The van der Waals surface area contributed by atoms with Crippen molar-refractivity contribution in [1.82, 2.24) is 0 Å². The van der Waals surface area contributed by atoms with Gasteiger partial charge < -0.3 is 4.74 Å². The van der Waals surface area contributed by atoms with Crippen LogP contribution in [-0.2, 0) is 16.3 Å². The Balaban J connectivity index is 2.69. The summed E-state index contributed by atoms with van der Waals surface area (Å²) >= 11 is 0. The van der Waals surface area contributed by atoms with Crippen LogP contribution < -0.4 is 4.74 Å². The summed E-state index contributed by atoms with van der Waals surface area (Å²) in [7, 11) is 1.42. The van der Waals surface area contributed by atoms with Crippen LogP contribution in [0.3, 0.4) is 0 Å². The van der Waals surface area contributed by atoms with E-state index in [9.17, 15) is 13.6 Å². The van der Waals surface area contributed by atoms with E-state index in [1.807, 2.05) is 0 Å². The van der Waals surface area contributed by atoms with Gasteiger partial charge in [-0.25, -0.2) is 13.6 Å². The predicted molar refractivity (Wildman–Crippen MR) is 66.2 cm³/mol. The van der Waals surface area contributed by atoms with E-state index >= 15 is 0 Å². The summed E-state index contributed by atoms with van der Waals surface area (Å²) in [6.07, 6.45) is 3.48. The molecule has 1 saturated carbocycles. The van der Waals surface area contributed by atoms with Crippen LogP contribution in [0, 0.1) is 0 Å². The monoisotopic (exact) mass is 267 g/mol. The Morgan fingerprint density at radius 1 is 1.42 bits per heavy atom. The van der Waals surface area contributed by atoms with E-state index in [-0.39, 0.29) is 5.56 Å². The minimum Gasteiger partial charge on any atom is -0.496 e. The molecular weight excluding hydrogens is 252 g/mol. The third-order valence-electron chi connectivity index (χ3n) is 3.62. The SMILES string of the molecule is COc1cccc(C(C)(F)F)c1C1(N=C=O)CCC1. The first-order valence-corrected chi connectivity index (χ1v) is 6.09. The molecule has 2 rings (SSSR count). The fourth-order valence-corrected chi connectivity index (χ4v) is 2.56. The molecule has 0 aromatic heterocycles. The third kappa shape index (κ3) is 2.26. The Kier molecular flexibility index (Phi) is 3.42. The lowest BCUT2D eigenvalue weighted by atomic mass is 9.70. The van der Waals surface area contributed by atoms with Gasteiger partial charge in [0, 0.05) is 18.1 Å². The number of nitrogens with zero attached hydrogens (tertiary/aromatic N) is 1. The molecule has 1 aromatic rings. The van der Waals surface area contributed by atoms with Gasteiger partial charge >= 0.3 is 0 Å². The molecule has 0 amide bonds. The molecule has 19 heavy (non-hydrogen) atoms. The summed E-state index contributed by atoms with van der Waals surface area (Å²) < 4.78 is 32.7. The van der Waals surface area contributed by atoms with Crippen molar-refractivity contribution in [1.29, 1.82) is 0 Å². The maximum absolute atomic E-state index is 13.8. The first kappa shape index (κ1) is 13.7. The van der Waals surface area contributed by atoms with Crippen molar-refractivity contribution in [2.24, 2.45) is 4.99 Å². The largest absolute Gasteiger partial charge is 0.496 e. The van der Waals surface area contributed by atoms with Gasteiger partial charge in [0.05, 0.1) is 7.11 Å². The van der Waals surface area contributed by atoms with E-state index in [1.165, 1.54) is 25.3 Å². The lowest BCUT2D eigenvalue weighted by molar-refractivity contribution is 0.0138. The van der Waals surface area contributed by atoms with Gasteiger partial charge in [0.15, 0.2) is 0 Å². The molecule has 0 spiro atoms. The Morgan fingerprint density at radius 2 is 2.11 bits per heavy atom. The van der Waals surface area contributed by atoms with Crippen molar-refractivity contribution in [2.75, 3.05) is 7.11 Å². The Hall–Kier alpha value is -1.74. The Labute approximate surface area is 110 Å². The molecular formula is C14H15F2NO2. The second kappa shape index (κ2) is 4.74. The fraction of sp³-hybridized carbons (Fsp3) is 0.500. The quantitative estimate of drug-likeness (QED) is 0.618. The molecule has 0 unspecified atom stereocenters. The molecule has 0 radical (unpaired) electrons. The van der Waals surface area contributed by atoms with Crippen LogP contribution in [0.1, 0.15) is 37.3 Å². The highest BCUT2D eigenvalue weighted by Crippen LogP contribution is 2.51. The average molecular weight is 267 g/mol. The number of rotatable bonds is 4. The number of hydrogen-bond acceptors (Lipinski definition) is 3. The van der Waals surface area contributed by atoms with Gasteiger partial charge in [-0.1, -0.05) is 12.1 Å². The number of aliphatic imine (C=N–C) groups is 1. The molecule has 0 atom stereocenters. The first-order valence-electron chi connectivity index (χ1n) is 6.09. The highest BCUT2D eigenvalue weighted by atomic mass is 19.3. The molecule has 0 saturated heterocycles. The van der Waals surface area contributed by atoms with E-state index in [1.54, 1.807) is 6.07 Å². The van der Waals surface area contributed by atoms with Crippen LogP contribution in [0.4, 0.5) is 8.78 Å². The third-order valence-corrected chi connectivity index (χ3v) is 3.62. The fourth-order valence-electron chi connectivity index (χ4n) is 2.56. The maximum Gasteiger partial charge on any atom is 0.271 e. The number of alkyl halides is 2. The van der Waals surface area contributed by atoms with Crippen molar-refractivity contribution in [3.8, 4) is 5.75 Å². The van der Waals surface area contributed by atoms with Crippen molar-refractivity contribution in [2.45, 2.75) is 37.6 Å². The van der Waals surface area contributed by atoms with E-state index in [0.717, 1.165) is 13.3 Å². The highest BCUT2D eigenvalue weighted by molar-refractivity contribution is 5.51. The van der Waals surface area contributed by atoms with Crippen LogP contribution >= 0.6 is 0 Å². The minimum absolute atomic E-state index is 0.134. The summed E-state index contributed by atoms with van der Waals surface area (Å²) in [4.78, 5) is 14.4. The Morgan fingerprint density at radius 3 is 2.53 bits per heavy atom. The van der Waals surface area contributed by atoms with E-state index in [2.05, 4.69) is 4.99 Å². The second-order valence-corrected chi connectivity index (χ2v) is 4.86. The summed E-state index contributed by atoms with van der Waals surface area (Å²) in [6.45, 7) is 0.836. The molecule has 0 aliphatic heterocycles. The number of carbonyl (C=O) groups excluding carboxylic acids is 1. The molecule has 1 aliphatic carbocycles. The normalized spacial score (nSPS) is 17.3. The average Bonchev–Trinajstić information content (AvgIpc) is 2.32. The minimum atomic E-state index is -3.01. The number of ether oxygens (including phenoxy) is 1. The topological polar surface area (TPSA) is 38.7 Å². The molecule has 5 heteroatoms. The van der Waals surface area contributed by atoms with Crippen LogP contribution in [0.15, 0.2) is 23.2 Å². The van der Waals surface area contributed by atoms with Gasteiger partial charge in [0.2, 0.25) is 6.08 Å². The number of halogens is 2. The zero-order valence-corrected chi connectivity index (χ0v) is 10.9. The lowest BCUT2D eigenvalue weighted by Gasteiger charge is -2.39. The number of hydrogen-bond donors (Lipinski definition) is 0. The van der Waals surface area contributed by atoms with Crippen LogP contribution in [0.5, 0.6) is 5.75 Å². The maximum atomic E-state index is 13.8. The molecule has 102 valence electrons. The lowest BCUT2D eigenvalue weighted by Crippen LogP contribution is -2.35. The van der Waals surface area contributed by atoms with E-state index in [0.29, 0.717) is 24.2 Å². The van der Waals surface area contributed by atoms with Gasteiger partial charge in [-0.3, -0.25) is 0 Å². The van der Waals surface area contributed by atoms with Crippen LogP contribution in [0.2, 0.25) is 0 Å². The van der Waals surface area contributed by atoms with Crippen molar-refractivity contribution in [3.63, 3.8) is 0 Å². The zero-order chi connectivity index (χ0) is 14.1. The molecule has 3 nitrogen and oxygen atoms in total. The van der Waals surface area contributed by atoms with Gasteiger partial charge in [0.1, 0.15) is 11.3 Å². The first-order chi connectivity index (χ1) is 8.94. The Bertz CT molecular complexity index is 527. The summed E-state index contributed by atoms with van der Waals surface area (Å²) in [5.41, 5.74) is -0.714. The van der Waals surface area contributed by atoms with E-state index in [4.69, 9.17) is 4.74 Å². The predicted octanol–water partition coefficient (Wildman–Crippen LogP) is 3.52.